The molecular weight excluding hydrogens is 322 g/mol. The van der Waals surface area contributed by atoms with Gasteiger partial charge in [-0.15, -0.1) is 0 Å². The van der Waals surface area contributed by atoms with Gasteiger partial charge in [0.05, 0.1) is 5.92 Å². The molecule has 1 aliphatic carbocycles. The number of nitrogens with one attached hydrogen (secondary N) is 1. The molecule has 0 heterocycles. The first-order valence-corrected chi connectivity index (χ1v) is 7.60. The van der Waals surface area contributed by atoms with Crippen LogP contribution in [0.3, 0.4) is 0 Å². The van der Waals surface area contributed by atoms with Crippen molar-refractivity contribution in [2.24, 2.45) is 5.92 Å². The summed E-state index contributed by atoms with van der Waals surface area (Å²) in [6.07, 6.45) is 3.12. The number of carbonyl (C=O) groups is 2. The van der Waals surface area contributed by atoms with Crippen LogP contribution in [0.2, 0.25) is 0 Å². The molecule has 2 rings (SSSR count). The summed E-state index contributed by atoms with van der Waals surface area (Å²) in [5, 5.41) is 11.9. The van der Waals surface area contributed by atoms with Gasteiger partial charge in [-0.1, -0.05) is 28.1 Å². The van der Waals surface area contributed by atoms with Crippen LogP contribution >= 0.6 is 15.9 Å². The summed E-state index contributed by atoms with van der Waals surface area (Å²) in [5.41, 5.74) is 1.12. The van der Waals surface area contributed by atoms with Crippen molar-refractivity contribution in [2.75, 3.05) is 0 Å². The first-order chi connectivity index (χ1) is 9.54. The fourth-order valence-electron chi connectivity index (χ4n) is 2.55. The van der Waals surface area contributed by atoms with E-state index in [1.165, 1.54) is 0 Å². The number of halogens is 1. The smallest absolute Gasteiger partial charge is 0.306 e. The Morgan fingerprint density at radius 1 is 1.25 bits per heavy atom. The summed E-state index contributed by atoms with van der Waals surface area (Å²) in [7, 11) is 0. The van der Waals surface area contributed by atoms with E-state index >= 15 is 0 Å². The number of amides is 1. The van der Waals surface area contributed by atoms with E-state index in [1.54, 1.807) is 0 Å². The van der Waals surface area contributed by atoms with Crippen molar-refractivity contribution in [1.82, 2.24) is 5.32 Å². The second kappa shape index (κ2) is 6.88. The van der Waals surface area contributed by atoms with Crippen LogP contribution in [0.15, 0.2) is 28.7 Å². The molecule has 1 fully saturated rings. The average molecular weight is 340 g/mol. The van der Waals surface area contributed by atoms with Crippen LogP contribution in [0.25, 0.3) is 0 Å². The fraction of sp³-hybridized carbons (Fsp3) is 0.467. The maximum absolute atomic E-state index is 11.8. The number of aryl methyl sites for hydroxylation is 1. The summed E-state index contributed by atoms with van der Waals surface area (Å²) in [6, 6.07) is 7.93. The lowest BCUT2D eigenvalue weighted by molar-refractivity contribution is -0.141. The molecule has 1 aromatic rings. The first-order valence-electron chi connectivity index (χ1n) is 6.81. The van der Waals surface area contributed by atoms with Crippen LogP contribution in [0.1, 0.15) is 31.2 Å². The van der Waals surface area contributed by atoms with E-state index in [0.717, 1.165) is 16.5 Å². The van der Waals surface area contributed by atoms with E-state index in [2.05, 4.69) is 21.2 Å². The van der Waals surface area contributed by atoms with Gasteiger partial charge < -0.3 is 10.4 Å². The third-order valence-electron chi connectivity index (χ3n) is 3.70. The maximum Gasteiger partial charge on any atom is 0.306 e. The van der Waals surface area contributed by atoms with E-state index in [-0.39, 0.29) is 17.9 Å². The zero-order valence-corrected chi connectivity index (χ0v) is 12.7. The Morgan fingerprint density at radius 2 is 1.95 bits per heavy atom. The predicted molar refractivity (Wildman–Crippen MR) is 79.4 cm³/mol. The predicted octanol–water partition coefficient (Wildman–Crippen LogP) is 2.75. The van der Waals surface area contributed by atoms with Crippen LogP contribution < -0.4 is 5.32 Å². The summed E-state index contributed by atoms with van der Waals surface area (Å²) in [4.78, 5) is 22.7. The van der Waals surface area contributed by atoms with Gasteiger partial charge in [0.25, 0.3) is 0 Å². The van der Waals surface area contributed by atoms with Gasteiger partial charge >= 0.3 is 5.97 Å². The van der Waals surface area contributed by atoms with E-state index in [1.807, 2.05) is 24.3 Å². The largest absolute Gasteiger partial charge is 0.481 e. The van der Waals surface area contributed by atoms with E-state index in [0.29, 0.717) is 25.7 Å². The molecule has 0 aromatic heterocycles. The maximum atomic E-state index is 11.8. The molecule has 1 aliphatic rings. The lowest BCUT2D eigenvalue weighted by Crippen LogP contribution is -2.33. The molecule has 0 spiro atoms. The fourth-order valence-corrected chi connectivity index (χ4v) is 2.81. The molecule has 1 amide bonds. The van der Waals surface area contributed by atoms with Gasteiger partial charge in [-0.3, -0.25) is 9.59 Å². The van der Waals surface area contributed by atoms with Gasteiger partial charge in [0.2, 0.25) is 5.91 Å². The molecule has 2 atom stereocenters. The number of benzene rings is 1. The van der Waals surface area contributed by atoms with Gasteiger partial charge in [-0.05, 0) is 43.4 Å². The van der Waals surface area contributed by atoms with Gasteiger partial charge in [0.1, 0.15) is 0 Å². The van der Waals surface area contributed by atoms with Crippen LogP contribution in [-0.2, 0) is 16.0 Å². The lowest BCUT2D eigenvalue weighted by atomic mass is 10.1. The summed E-state index contributed by atoms with van der Waals surface area (Å²) in [5.74, 6) is -1.05. The average Bonchev–Trinajstić information content (AvgIpc) is 2.87. The second-order valence-electron chi connectivity index (χ2n) is 5.24. The van der Waals surface area contributed by atoms with E-state index < -0.39 is 5.97 Å². The SMILES string of the molecule is O=C(CCc1ccc(Br)cc1)N[C@H]1CC[C@@H](C(=O)O)C1. The van der Waals surface area contributed by atoms with E-state index in [4.69, 9.17) is 5.11 Å². The minimum absolute atomic E-state index is 0.00366. The highest BCUT2D eigenvalue weighted by molar-refractivity contribution is 9.10. The Hall–Kier alpha value is -1.36. The van der Waals surface area contributed by atoms with Crippen LogP contribution in [0.4, 0.5) is 0 Å². The monoisotopic (exact) mass is 339 g/mol. The first kappa shape index (κ1) is 15.0. The molecule has 2 N–H and O–H groups in total. The van der Waals surface area contributed by atoms with E-state index in [9.17, 15) is 9.59 Å². The lowest BCUT2D eigenvalue weighted by Gasteiger charge is -2.12. The van der Waals surface area contributed by atoms with Crippen molar-refractivity contribution in [1.29, 1.82) is 0 Å². The minimum atomic E-state index is -0.753. The second-order valence-corrected chi connectivity index (χ2v) is 6.15. The van der Waals surface area contributed by atoms with Crippen LogP contribution in [0, 0.1) is 5.92 Å². The van der Waals surface area contributed by atoms with Gasteiger partial charge in [0.15, 0.2) is 0 Å². The van der Waals surface area contributed by atoms with Gasteiger partial charge in [0, 0.05) is 16.9 Å². The molecule has 0 unspecified atom stereocenters. The topological polar surface area (TPSA) is 66.4 Å². The number of hydrogen-bond donors (Lipinski definition) is 2. The Bertz CT molecular complexity index is 486. The number of rotatable bonds is 5. The normalized spacial score (nSPS) is 21.6. The third-order valence-corrected chi connectivity index (χ3v) is 4.23. The summed E-state index contributed by atoms with van der Waals surface area (Å²) < 4.78 is 1.02. The molecule has 0 aliphatic heterocycles. The zero-order valence-electron chi connectivity index (χ0n) is 11.1. The van der Waals surface area contributed by atoms with Crippen LogP contribution in [0.5, 0.6) is 0 Å². The Morgan fingerprint density at radius 3 is 2.55 bits per heavy atom. The standard InChI is InChI=1S/C15H18BrNO3/c16-12-5-1-10(2-6-12)3-8-14(18)17-13-7-4-11(9-13)15(19)20/h1-2,5-6,11,13H,3-4,7-9H2,(H,17,18)(H,19,20)/t11-,13+/m1/s1. The molecule has 5 heteroatoms. The highest BCUT2D eigenvalue weighted by Crippen LogP contribution is 2.25. The number of carboxylic acids is 1. The number of aliphatic carboxylic acids is 1. The minimum Gasteiger partial charge on any atom is -0.481 e. The van der Waals surface area contributed by atoms with Gasteiger partial charge in [-0.2, -0.15) is 0 Å². The molecule has 0 bridgehead atoms. The Kier molecular flexibility index (Phi) is 5.17. The van der Waals surface area contributed by atoms with Crippen molar-refractivity contribution < 1.29 is 14.7 Å². The zero-order chi connectivity index (χ0) is 14.5. The molecule has 108 valence electrons. The summed E-state index contributed by atoms with van der Waals surface area (Å²) >= 11 is 3.37. The van der Waals surface area contributed by atoms with Crippen molar-refractivity contribution >= 4 is 27.8 Å². The molecule has 20 heavy (non-hydrogen) atoms. The molecular formula is C15H18BrNO3. The number of hydrogen-bond acceptors (Lipinski definition) is 2. The van der Waals surface area contributed by atoms with Crippen molar-refractivity contribution in [3.63, 3.8) is 0 Å². The molecule has 0 saturated heterocycles. The van der Waals surface area contributed by atoms with Crippen molar-refractivity contribution in [2.45, 2.75) is 38.1 Å². The quantitative estimate of drug-likeness (QED) is 0.866. The van der Waals surface area contributed by atoms with Gasteiger partial charge in [-0.25, -0.2) is 0 Å². The number of carboxylic acid groups (broad SMARTS) is 1. The molecule has 1 aromatic carbocycles. The summed E-state index contributed by atoms with van der Waals surface area (Å²) in [6.45, 7) is 0. The highest BCUT2D eigenvalue weighted by Gasteiger charge is 2.30. The third kappa shape index (κ3) is 4.34. The Balaban J connectivity index is 1.73. The number of carbonyl (C=O) groups excluding carboxylic acids is 1. The molecule has 1 saturated carbocycles. The van der Waals surface area contributed by atoms with Crippen molar-refractivity contribution in [3.05, 3.63) is 34.3 Å². The molecule has 4 nitrogen and oxygen atoms in total. The van der Waals surface area contributed by atoms with Crippen molar-refractivity contribution in [3.8, 4) is 0 Å². The highest BCUT2D eigenvalue weighted by atomic mass is 79.9. The molecule has 0 radical (unpaired) electrons. The van der Waals surface area contributed by atoms with Crippen LogP contribution in [-0.4, -0.2) is 23.0 Å². The Labute approximate surface area is 126 Å².